The quantitative estimate of drug-likeness (QED) is 0.598. The van der Waals surface area contributed by atoms with E-state index in [0.29, 0.717) is 24.3 Å². The van der Waals surface area contributed by atoms with Crippen molar-refractivity contribution in [3.05, 3.63) is 72.1 Å². The van der Waals surface area contributed by atoms with Gasteiger partial charge in [0, 0.05) is 25.5 Å². The molecule has 11 heteroatoms. The van der Waals surface area contributed by atoms with Gasteiger partial charge >= 0.3 is 0 Å². The highest BCUT2D eigenvalue weighted by atomic mass is 32.2. The average molecular weight is 461 g/mol. The number of aryl methyl sites for hydroxylation is 1. The van der Waals surface area contributed by atoms with Gasteiger partial charge in [-0.3, -0.25) is 9.10 Å². The van der Waals surface area contributed by atoms with E-state index in [1.807, 2.05) is 12.1 Å². The minimum Gasteiger partial charge on any atom is -0.345 e. The van der Waals surface area contributed by atoms with Gasteiger partial charge in [0.15, 0.2) is 0 Å². The molecule has 2 heterocycles. The number of hydrogen-bond donors (Lipinski definition) is 2. The standard InChI is InChI=1S/C20H20N4O5S2/c1-23-13-17(31(28,29)24-11-10-14-4-2-3-5-18(14)24)12-19(23)20(25)22-15-6-8-16(9-7-15)30(21,26)27/h2-9,12-13H,10-11H2,1H3,(H,22,25)(H2,21,26,27). The molecule has 162 valence electrons. The molecule has 0 aliphatic carbocycles. The molecular weight excluding hydrogens is 440 g/mol. The number of hydrogen-bond acceptors (Lipinski definition) is 5. The van der Waals surface area contributed by atoms with E-state index in [2.05, 4.69) is 5.32 Å². The number of carbonyl (C=O) groups is 1. The molecule has 31 heavy (non-hydrogen) atoms. The van der Waals surface area contributed by atoms with Crippen molar-refractivity contribution in [1.29, 1.82) is 0 Å². The summed E-state index contributed by atoms with van der Waals surface area (Å²) in [4.78, 5) is 12.6. The minimum absolute atomic E-state index is 0.0152. The van der Waals surface area contributed by atoms with E-state index < -0.39 is 26.0 Å². The van der Waals surface area contributed by atoms with Gasteiger partial charge in [0.1, 0.15) is 10.6 Å². The maximum absolute atomic E-state index is 13.2. The molecule has 2 aromatic carbocycles. The summed E-state index contributed by atoms with van der Waals surface area (Å²) < 4.78 is 51.8. The van der Waals surface area contributed by atoms with Crippen LogP contribution in [0.1, 0.15) is 16.1 Å². The number of rotatable bonds is 5. The van der Waals surface area contributed by atoms with Crippen molar-refractivity contribution < 1.29 is 21.6 Å². The Balaban J connectivity index is 1.58. The first kappa shape index (κ1) is 21.1. The molecule has 0 saturated carbocycles. The summed E-state index contributed by atoms with van der Waals surface area (Å²) in [7, 11) is -6.09. The van der Waals surface area contributed by atoms with Crippen LogP contribution in [-0.2, 0) is 33.5 Å². The second kappa shape index (κ2) is 7.52. The first-order valence-electron chi connectivity index (χ1n) is 9.28. The largest absolute Gasteiger partial charge is 0.345 e. The Hall–Kier alpha value is -3.15. The van der Waals surface area contributed by atoms with E-state index >= 15 is 0 Å². The molecular formula is C20H20N4O5S2. The van der Waals surface area contributed by atoms with Crippen molar-refractivity contribution in [3.8, 4) is 0 Å². The van der Waals surface area contributed by atoms with E-state index in [0.717, 1.165) is 5.56 Å². The summed E-state index contributed by atoms with van der Waals surface area (Å²) in [6.45, 7) is 0.342. The van der Waals surface area contributed by atoms with Crippen molar-refractivity contribution in [3.63, 3.8) is 0 Å². The molecule has 0 radical (unpaired) electrons. The molecule has 1 aliphatic heterocycles. The van der Waals surface area contributed by atoms with E-state index in [1.54, 1.807) is 19.2 Å². The summed E-state index contributed by atoms with van der Waals surface area (Å²) in [5.41, 5.74) is 2.09. The lowest BCUT2D eigenvalue weighted by Gasteiger charge is -2.18. The van der Waals surface area contributed by atoms with Crippen LogP contribution in [0.4, 0.5) is 11.4 Å². The molecule has 3 N–H and O–H groups in total. The number of benzene rings is 2. The van der Waals surface area contributed by atoms with Crippen molar-refractivity contribution >= 4 is 37.3 Å². The second-order valence-corrected chi connectivity index (χ2v) is 10.6. The summed E-state index contributed by atoms with van der Waals surface area (Å²) in [6, 6.07) is 14.0. The lowest BCUT2D eigenvalue weighted by Crippen LogP contribution is -2.28. The summed E-state index contributed by atoms with van der Waals surface area (Å²) in [6.07, 6.45) is 2.03. The SMILES string of the molecule is Cn1cc(S(=O)(=O)N2CCc3ccccc32)cc1C(=O)Nc1ccc(S(N)(=O)=O)cc1. The van der Waals surface area contributed by atoms with Gasteiger partial charge in [-0.2, -0.15) is 0 Å². The first-order chi connectivity index (χ1) is 14.6. The predicted octanol–water partition coefficient (Wildman–Crippen LogP) is 1.68. The molecule has 4 rings (SSSR count). The van der Waals surface area contributed by atoms with Gasteiger partial charge in [-0.25, -0.2) is 22.0 Å². The van der Waals surface area contributed by atoms with E-state index in [4.69, 9.17) is 5.14 Å². The molecule has 0 saturated heterocycles. The second-order valence-electron chi connectivity index (χ2n) is 7.15. The molecule has 0 atom stereocenters. The fourth-order valence-electron chi connectivity index (χ4n) is 3.51. The zero-order valence-corrected chi connectivity index (χ0v) is 18.2. The number of anilines is 2. The van der Waals surface area contributed by atoms with E-state index in [9.17, 15) is 21.6 Å². The van der Waals surface area contributed by atoms with Crippen LogP contribution >= 0.6 is 0 Å². The predicted molar refractivity (Wildman–Crippen MR) is 116 cm³/mol. The molecule has 1 aliphatic rings. The van der Waals surface area contributed by atoms with Crippen LogP contribution in [0.15, 0.2) is 70.6 Å². The normalized spacial score (nSPS) is 13.8. The molecule has 3 aromatic rings. The van der Waals surface area contributed by atoms with Gasteiger partial charge < -0.3 is 9.88 Å². The number of aromatic nitrogens is 1. The number of sulfonamides is 2. The maximum atomic E-state index is 13.2. The fraction of sp³-hybridized carbons (Fsp3) is 0.150. The Morgan fingerprint density at radius 2 is 1.68 bits per heavy atom. The van der Waals surface area contributed by atoms with Gasteiger partial charge in [-0.1, -0.05) is 18.2 Å². The van der Waals surface area contributed by atoms with Crippen LogP contribution in [0.5, 0.6) is 0 Å². The molecule has 1 amide bonds. The molecule has 0 bridgehead atoms. The van der Waals surface area contributed by atoms with Gasteiger partial charge in [-0.15, -0.1) is 0 Å². The molecule has 0 fully saturated rings. The molecule has 9 nitrogen and oxygen atoms in total. The highest BCUT2D eigenvalue weighted by Crippen LogP contribution is 2.33. The molecule has 0 spiro atoms. The lowest BCUT2D eigenvalue weighted by molar-refractivity contribution is 0.101. The Bertz CT molecular complexity index is 1380. The number of nitrogens with zero attached hydrogens (tertiary/aromatic N) is 2. The maximum Gasteiger partial charge on any atom is 0.272 e. The van der Waals surface area contributed by atoms with Crippen molar-refractivity contribution in [2.45, 2.75) is 16.2 Å². The monoisotopic (exact) mass is 460 g/mol. The third-order valence-electron chi connectivity index (χ3n) is 5.09. The minimum atomic E-state index is -3.84. The molecule has 1 aromatic heterocycles. The van der Waals surface area contributed by atoms with Crippen LogP contribution in [-0.4, -0.2) is 33.9 Å². The average Bonchev–Trinajstić information content (AvgIpc) is 3.32. The molecule has 0 unspecified atom stereocenters. The highest BCUT2D eigenvalue weighted by molar-refractivity contribution is 7.92. The Morgan fingerprint density at radius 1 is 1.00 bits per heavy atom. The fourth-order valence-corrected chi connectivity index (χ4v) is 5.60. The lowest BCUT2D eigenvalue weighted by atomic mass is 10.2. The zero-order valence-electron chi connectivity index (χ0n) is 16.5. The number of primary sulfonamides is 1. The zero-order chi connectivity index (χ0) is 22.4. The van der Waals surface area contributed by atoms with Gasteiger partial charge in [0.05, 0.1) is 10.6 Å². The Morgan fingerprint density at radius 3 is 2.35 bits per heavy atom. The van der Waals surface area contributed by atoms with Crippen molar-refractivity contribution in [2.75, 3.05) is 16.2 Å². The van der Waals surface area contributed by atoms with Gasteiger partial charge in [-0.05, 0) is 48.4 Å². The van der Waals surface area contributed by atoms with Crippen LogP contribution in [0.25, 0.3) is 0 Å². The number of fused-ring (bicyclic) bond motifs is 1. The topological polar surface area (TPSA) is 132 Å². The van der Waals surface area contributed by atoms with Crippen LogP contribution < -0.4 is 14.8 Å². The Kier molecular flexibility index (Phi) is 5.12. The number of nitrogens with one attached hydrogen (secondary N) is 1. The van der Waals surface area contributed by atoms with E-state index in [-0.39, 0.29) is 15.5 Å². The number of amides is 1. The van der Waals surface area contributed by atoms with Crippen LogP contribution in [0.3, 0.4) is 0 Å². The number of carbonyl (C=O) groups excluding carboxylic acids is 1. The van der Waals surface area contributed by atoms with Crippen LogP contribution in [0.2, 0.25) is 0 Å². The van der Waals surface area contributed by atoms with Crippen molar-refractivity contribution in [2.24, 2.45) is 12.2 Å². The van der Waals surface area contributed by atoms with Crippen molar-refractivity contribution in [1.82, 2.24) is 4.57 Å². The smallest absolute Gasteiger partial charge is 0.272 e. The number of nitrogens with two attached hydrogens (primary N) is 1. The third-order valence-corrected chi connectivity index (χ3v) is 7.79. The highest BCUT2D eigenvalue weighted by Gasteiger charge is 2.32. The summed E-state index contributed by atoms with van der Waals surface area (Å²) in [5.74, 6) is -0.533. The summed E-state index contributed by atoms with van der Waals surface area (Å²) in [5, 5.41) is 7.69. The van der Waals surface area contributed by atoms with E-state index in [1.165, 1.54) is 45.4 Å². The number of para-hydroxylation sites is 1. The van der Waals surface area contributed by atoms with Gasteiger partial charge in [0.2, 0.25) is 10.0 Å². The first-order valence-corrected chi connectivity index (χ1v) is 12.3. The Labute approximate surface area is 180 Å². The summed E-state index contributed by atoms with van der Waals surface area (Å²) >= 11 is 0. The van der Waals surface area contributed by atoms with Crippen LogP contribution in [0, 0.1) is 0 Å². The third kappa shape index (κ3) is 3.94. The van der Waals surface area contributed by atoms with Gasteiger partial charge in [0.25, 0.3) is 15.9 Å².